The summed E-state index contributed by atoms with van der Waals surface area (Å²) in [6, 6.07) is 0. The molecule has 6 heteroatoms. The molecule has 1 fully saturated rings. The smallest absolute Gasteiger partial charge is 0.187 e. The van der Waals surface area contributed by atoms with Crippen molar-refractivity contribution in [1.82, 2.24) is 9.97 Å². The molecule has 0 bridgehead atoms. The lowest BCUT2D eigenvalue weighted by Gasteiger charge is -2.23. The molecule has 1 aliphatic carbocycles. The van der Waals surface area contributed by atoms with Gasteiger partial charge in [-0.25, -0.2) is 9.97 Å². The van der Waals surface area contributed by atoms with Crippen molar-refractivity contribution in [3.8, 4) is 0 Å². The lowest BCUT2D eigenvalue weighted by molar-refractivity contribution is -0.922. The predicted molar refractivity (Wildman–Crippen MR) is 93.4 cm³/mol. The largest absolute Gasteiger partial charge is 0.370 e. The second-order valence-electron chi connectivity index (χ2n) is 6.45. The summed E-state index contributed by atoms with van der Waals surface area (Å²) >= 11 is 1.89. The van der Waals surface area contributed by atoms with Crippen LogP contribution in [-0.2, 0) is 24.1 Å². The maximum Gasteiger partial charge on any atom is 0.187 e. The van der Waals surface area contributed by atoms with E-state index in [1.165, 1.54) is 51.2 Å². The summed E-state index contributed by atoms with van der Waals surface area (Å²) in [5, 5.41) is 4.78. The van der Waals surface area contributed by atoms with Crippen LogP contribution in [0, 0.1) is 0 Å². The molecule has 0 amide bonds. The number of fused-ring (bicyclic) bond motifs is 3. The van der Waals surface area contributed by atoms with Gasteiger partial charge in [0.15, 0.2) is 5.82 Å². The van der Waals surface area contributed by atoms with Gasteiger partial charge in [-0.15, -0.1) is 11.3 Å². The van der Waals surface area contributed by atoms with Gasteiger partial charge in [0, 0.05) is 11.4 Å². The van der Waals surface area contributed by atoms with Crippen LogP contribution < -0.4 is 10.2 Å². The number of aromatic nitrogens is 2. The maximum absolute atomic E-state index is 5.45. The van der Waals surface area contributed by atoms with Crippen LogP contribution in [0.3, 0.4) is 0 Å². The zero-order valence-electron chi connectivity index (χ0n) is 13.8. The number of quaternary nitrogens is 1. The van der Waals surface area contributed by atoms with E-state index in [2.05, 4.69) is 12.2 Å². The second-order valence-corrected chi connectivity index (χ2v) is 7.53. The van der Waals surface area contributed by atoms with Crippen LogP contribution in [0.2, 0.25) is 0 Å². The molecule has 124 valence electrons. The highest BCUT2D eigenvalue weighted by atomic mass is 32.1. The summed E-state index contributed by atoms with van der Waals surface area (Å²) < 4.78 is 5.45. The van der Waals surface area contributed by atoms with E-state index >= 15 is 0 Å². The monoisotopic (exact) mass is 333 g/mol. The summed E-state index contributed by atoms with van der Waals surface area (Å²) in [6.45, 7) is 7.76. The normalized spacial score (nSPS) is 19.0. The second kappa shape index (κ2) is 6.71. The standard InChI is InChI=1S/C17H24N4OS/c1-2-18-16-15-12-5-3-4-6-13(12)23-17(15)20-14(19-16)11-21-7-9-22-10-8-21/h2-11H2,1H3,(H,18,19,20)/p+1. The molecule has 0 aromatic carbocycles. The van der Waals surface area contributed by atoms with Crippen molar-refractivity contribution in [3.63, 3.8) is 0 Å². The molecule has 0 radical (unpaired) electrons. The maximum atomic E-state index is 5.45. The first-order chi connectivity index (χ1) is 11.3. The average molecular weight is 333 g/mol. The molecular weight excluding hydrogens is 308 g/mol. The number of nitrogens with one attached hydrogen (secondary N) is 2. The quantitative estimate of drug-likeness (QED) is 0.888. The van der Waals surface area contributed by atoms with E-state index in [0.717, 1.165) is 51.0 Å². The van der Waals surface area contributed by atoms with E-state index in [9.17, 15) is 0 Å². The predicted octanol–water partition coefficient (Wildman–Crippen LogP) is 1.42. The van der Waals surface area contributed by atoms with Crippen molar-refractivity contribution in [2.24, 2.45) is 0 Å². The summed E-state index contributed by atoms with van der Waals surface area (Å²) in [6.07, 6.45) is 5.01. The summed E-state index contributed by atoms with van der Waals surface area (Å²) in [5.41, 5.74) is 1.51. The molecule has 5 nitrogen and oxygen atoms in total. The number of nitrogens with zero attached hydrogens (tertiary/aromatic N) is 2. The highest BCUT2D eigenvalue weighted by Crippen LogP contribution is 2.38. The number of ether oxygens (including phenoxy) is 1. The zero-order valence-corrected chi connectivity index (χ0v) is 14.6. The zero-order chi connectivity index (χ0) is 15.6. The van der Waals surface area contributed by atoms with Gasteiger partial charge in [-0.05, 0) is 38.2 Å². The van der Waals surface area contributed by atoms with Gasteiger partial charge in [0.1, 0.15) is 30.3 Å². The third-order valence-electron chi connectivity index (χ3n) is 4.81. The Morgan fingerprint density at radius 3 is 2.83 bits per heavy atom. The number of hydrogen-bond acceptors (Lipinski definition) is 5. The number of anilines is 1. The Bertz CT molecular complexity index is 693. The van der Waals surface area contributed by atoms with Gasteiger partial charge in [-0.2, -0.15) is 0 Å². The van der Waals surface area contributed by atoms with Crippen molar-refractivity contribution in [3.05, 3.63) is 16.3 Å². The molecule has 2 aromatic heterocycles. The van der Waals surface area contributed by atoms with Gasteiger partial charge in [0.2, 0.25) is 0 Å². The minimum absolute atomic E-state index is 0.852. The average Bonchev–Trinajstić information content (AvgIpc) is 2.94. The van der Waals surface area contributed by atoms with E-state index in [-0.39, 0.29) is 0 Å². The number of thiophene rings is 1. The minimum atomic E-state index is 0.852. The molecule has 2 N–H and O–H groups in total. The fourth-order valence-electron chi connectivity index (χ4n) is 3.64. The topological polar surface area (TPSA) is 51.5 Å². The fraction of sp³-hybridized carbons (Fsp3) is 0.647. The van der Waals surface area contributed by atoms with E-state index in [4.69, 9.17) is 14.7 Å². The first kappa shape index (κ1) is 15.3. The van der Waals surface area contributed by atoms with Crippen molar-refractivity contribution >= 4 is 27.4 Å². The van der Waals surface area contributed by atoms with Gasteiger partial charge in [0.05, 0.1) is 18.6 Å². The molecular formula is C17H25N4OS+. The first-order valence-electron chi connectivity index (χ1n) is 8.81. The van der Waals surface area contributed by atoms with Crippen molar-refractivity contribution in [1.29, 1.82) is 0 Å². The van der Waals surface area contributed by atoms with E-state index in [1.807, 2.05) is 11.3 Å². The van der Waals surface area contributed by atoms with Gasteiger partial charge >= 0.3 is 0 Å². The summed E-state index contributed by atoms with van der Waals surface area (Å²) in [7, 11) is 0. The third-order valence-corrected chi connectivity index (χ3v) is 6.00. The van der Waals surface area contributed by atoms with Crippen LogP contribution in [-0.4, -0.2) is 42.8 Å². The molecule has 1 aliphatic heterocycles. The van der Waals surface area contributed by atoms with Gasteiger partial charge < -0.3 is 15.0 Å². The van der Waals surface area contributed by atoms with Crippen LogP contribution in [0.1, 0.15) is 36.0 Å². The molecule has 0 atom stereocenters. The SMILES string of the molecule is CCNc1nc(C[NH+]2CCOCC2)nc2sc3c(c12)CCCC3. The minimum Gasteiger partial charge on any atom is -0.370 e. The molecule has 2 aromatic rings. The highest BCUT2D eigenvalue weighted by Gasteiger charge is 2.22. The first-order valence-corrected chi connectivity index (χ1v) is 9.63. The molecule has 4 rings (SSSR count). The number of hydrogen-bond donors (Lipinski definition) is 2. The molecule has 3 heterocycles. The Kier molecular flexibility index (Phi) is 4.46. The van der Waals surface area contributed by atoms with Crippen molar-refractivity contribution < 1.29 is 9.64 Å². The van der Waals surface area contributed by atoms with Gasteiger partial charge in [-0.1, -0.05) is 0 Å². The van der Waals surface area contributed by atoms with E-state index < -0.39 is 0 Å². The van der Waals surface area contributed by atoms with Crippen LogP contribution in [0.5, 0.6) is 0 Å². The Balaban J connectivity index is 1.71. The Labute approximate surface area is 141 Å². The Morgan fingerprint density at radius 2 is 2.00 bits per heavy atom. The molecule has 2 aliphatic rings. The van der Waals surface area contributed by atoms with Crippen LogP contribution in [0.15, 0.2) is 0 Å². The van der Waals surface area contributed by atoms with Gasteiger partial charge in [0.25, 0.3) is 0 Å². The van der Waals surface area contributed by atoms with Gasteiger partial charge in [-0.3, -0.25) is 0 Å². The lowest BCUT2D eigenvalue weighted by atomic mass is 9.97. The van der Waals surface area contributed by atoms with Crippen LogP contribution in [0.4, 0.5) is 5.82 Å². The molecule has 1 saturated heterocycles. The number of morpholine rings is 1. The Morgan fingerprint density at radius 1 is 1.17 bits per heavy atom. The molecule has 23 heavy (non-hydrogen) atoms. The van der Waals surface area contributed by atoms with E-state index in [0.29, 0.717) is 0 Å². The van der Waals surface area contributed by atoms with Crippen molar-refractivity contribution in [2.75, 3.05) is 38.2 Å². The highest BCUT2D eigenvalue weighted by molar-refractivity contribution is 7.19. The number of rotatable bonds is 4. The van der Waals surface area contributed by atoms with E-state index in [1.54, 1.807) is 0 Å². The van der Waals surface area contributed by atoms with Crippen molar-refractivity contribution in [2.45, 2.75) is 39.2 Å². The van der Waals surface area contributed by atoms with Crippen LogP contribution in [0.25, 0.3) is 10.2 Å². The fourth-order valence-corrected chi connectivity index (χ4v) is 4.92. The molecule has 0 saturated carbocycles. The number of aryl methyl sites for hydroxylation is 2. The third kappa shape index (κ3) is 3.07. The lowest BCUT2D eigenvalue weighted by Crippen LogP contribution is -3.12. The molecule has 0 unspecified atom stereocenters. The summed E-state index contributed by atoms with van der Waals surface area (Å²) in [4.78, 5) is 14.1. The molecule has 0 spiro atoms. The van der Waals surface area contributed by atoms with Crippen LogP contribution >= 0.6 is 11.3 Å². The summed E-state index contributed by atoms with van der Waals surface area (Å²) in [5.74, 6) is 2.03. The Hall–Kier alpha value is -1.24.